The summed E-state index contributed by atoms with van der Waals surface area (Å²) in [7, 11) is 0. The van der Waals surface area contributed by atoms with Crippen LogP contribution in [0, 0.1) is 5.92 Å². The normalized spacial score (nSPS) is 32.2. The van der Waals surface area contributed by atoms with Gasteiger partial charge in [-0.3, -0.25) is 10.2 Å². The number of anilines is 1. The summed E-state index contributed by atoms with van der Waals surface area (Å²) < 4.78 is 11.3. The van der Waals surface area contributed by atoms with Crippen molar-refractivity contribution >= 4 is 11.6 Å². The summed E-state index contributed by atoms with van der Waals surface area (Å²) >= 11 is 0. The molecule has 2 saturated heterocycles. The molecule has 3 fully saturated rings. The Labute approximate surface area is 159 Å². The molecule has 3 N–H and O–H groups in total. The Kier molecular flexibility index (Phi) is 4.57. The second kappa shape index (κ2) is 7.20. The van der Waals surface area contributed by atoms with Gasteiger partial charge in [0.15, 0.2) is 11.5 Å². The van der Waals surface area contributed by atoms with Gasteiger partial charge < -0.3 is 19.7 Å². The summed E-state index contributed by atoms with van der Waals surface area (Å²) in [6.45, 7) is 2.80. The van der Waals surface area contributed by atoms with Crippen LogP contribution in [0.4, 0.5) is 5.69 Å². The third-order valence-corrected chi connectivity index (χ3v) is 6.33. The summed E-state index contributed by atoms with van der Waals surface area (Å²) in [5.74, 6) is 2.30. The fourth-order valence-electron chi connectivity index (χ4n) is 4.98. The van der Waals surface area contributed by atoms with E-state index in [9.17, 15) is 4.79 Å². The number of hydrazine groups is 1. The van der Waals surface area contributed by atoms with Crippen LogP contribution in [0.1, 0.15) is 32.1 Å². The fraction of sp³-hybridized carbons (Fsp3) is 0.650. The monoisotopic (exact) mass is 372 g/mol. The molecule has 7 nitrogen and oxygen atoms in total. The first-order chi connectivity index (χ1) is 13.3. The molecule has 0 radical (unpaired) electrons. The second-order valence-corrected chi connectivity index (χ2v) is 8.09. The van der Waals surface area contributed by atoms with Crippen LogP contribution in [-0.4, -0.2) is 55.2 Å². The van der Waals surface area contributed by atoms with Gasteiger partial charge in [0.2, 0.25) is 5.91 Å². The van der Waals surface area contributed by atoms with Crippen molar-refractivity contribution in [1.29, 1.82) is 0 Å². The molecule has 146 valence electrons. The summed E-state index contributed by atoms with van der Waals surface area (Å²) in [4.78, 5) is 15.1. The minimum Gasteiger partial charge on any atom is -0.486 e. The number of amides is 1. The molecule has 4 unspecified atom stereocenters. The van der Waals surface area contributed by atoms with Crippen molar-refractivity contribution in [3.63, 3.8) is 0 Å². The highest BCUT2D eigenvalue weighted by Gasteiger charge is 2.44. The zero-order valence-corrected chi connectivity index (χ0v) is 15.6. The lowest BCUT2D eigenvalue weighted by Gasteiger charge is -2.36. The highest BCUT2D eigenvalue weighted by Crippen LogP contribution is 2.34. The van der Waals surface area contributed by atoms with E-state index in [0.29, 0.717) is 25.2 Å². The summed E-state index contributed by atoms with van der Waals surface area (Å²) in [6, 6.07) is 6.65. The number of likely N-dealkylation sites (tertiary alicyclic amines) is 1. The van der Waals surface area contributed by atoms with Crippen LogP contribution in [0.3, 0.4) is 0 Å². The van der Waals surface area contributed by atoms with Gasteiger partial charge in [0, 0.05) is 42.8 Å². The van der Waals surface area contributed by atoms with Crippen LogP contribution in [0.5, 0.6) is 11.5 Å². The lowest BCUT2D eigenvalue weighted by molar-refractivity contribution is -0.135. The SMILES string of the molecule is O=C(C1NNC2CCCC21)N1CCCC(Nc2ccc3c(c2)OCCO3)C1. The number of piperidine rings is 1. The first-order valence-corrected chi connectivity index (χ1v) is 10.2. The van der Waals surface area contributed by atoms with Crippen LogP contribution in [0.2, 0.25) is 0 Å². The number of nitrogens with zero attached hydrogens (tertiary/aromatic N) is 1. The third kappa shape index (κ3) is 3.34. The van der Waals surface area contributed by atoms with Crippen LogP contribution >= 0.6 is 0 Å². The largest absolute Gasteiger partial charge is 0.486 e. The van der Waals surface area contributed by atoms with E-state index in [1.54, 1.807) is 0 Å². The zero-order valence-electron chi connectivity index (χ0n) is 15.6. The summed E-state index contributed by atoms with van der Waals surface area (Å²) in [6.07, 6.45) is 5.65. The van der Waals surface area contributed by atoms with Gasteiger partial charge in [0.1, 0.15) is 19.3 Å². The molecule has 3 aliphatic heterocycles. The van der Waals surface area contributed by atoms with Crippen LogP contribution in [-0.2, 0) is 4.79 Å². The van der Waals surface area contributed by atoms with E-state index < -0.39 is 0 Å². The Morgan fingerprint density at radius 1 is 1.07 bits per heavy atom. The van der Waals surface area contributed by atoms with Crippen LogP contribution in [0.25, 0.3) is 0 Å². The Balaban J connectivity index is 1.22. The molecule has 1 amide bonds. The minimum absolute atomic E-state index is 0.0643. The van der Waals surface area contributed by atoms with Crippen molar-refractivity contribution in [3.05, 3.63) is 18.2 Å². The predicted molar refractivity (Wildman–Crippen MR) is 102 cm³/mol. The summed E-state index contributed by atoms with van der Waals surface area (Å²) in [5.41, 5.74) is 7.62. The van der Waals surface area contributed by atoms with Crippen molar-refractivity contribution in [2.24, 2.45) is 5.92 Å². The van der Waals surface area contributed by atoms with Gasteiger partial charge in [-0.25, -0.2) is 5.43 Å². The number of carbonyl (C=O) groups excluding carboxylic acids is 1. The number of hydrogen-bond donors (Lipinski definition) is 3. The van der Waals surface area contributed by atoms with Gasteiger partial charge >= 0.3 is 0 Å². The van der Waals surface area contributed by atoms with E-state index in [1.165, 1.54) is 12.8 Å². The second-order valence-electron chi connectivity index (χ2n) is 8.09. The first kappa shape index (κ1) is 17.1. The molecule has 5 rings (SSSR count). The Morgan fingerprint density at radius 2 is 1.96 bits per heavy atom. The minimum atomic E-state index is -0.0643. The predicted octanol–water partition coefficient (Wildman–Crippen LogP) is 1.51. The smallest absolute Gasteiger partial charge is 0.241 e. The Morgan fingerprint density at radius 3 is 2.89 bits per heavy atom. The zero-order chi connectivity index (χ0) is 18.2. The number of rotatable bonds is 3. The van der Waals surface area contributed by atoms with E-state index >= 15 is 0 Å². The highest BCUT2D eigenvalue weighted by molar-refractivity contribution is 5.83. The number of nitrogens with one attached hydrogen (secondary N) is 3. The molecule has 1 saturated carbocycles. The van der Waals surface area contributed by atoms with E-state index in [1.807, 2.05) is 23.1 Å². The maximum Gasteiger partial charge on any atom is 0.241 e. The van der Waals surface area contributed by atoms with Gasteiger partial charge in [-0.1, -0.05) is 6.42 Å². The average molecular weight is 372 g/mol. The molecule has 0 aromatic heterocycles. The summed E-state index contributed by atoms with van der Waals surface area (Å²) in [5, 5.41) is 3.59. The molecule has 0 bridgehead atoms. The van der Waals surface area contributed by atoms with Crippen molar-refractivity contribution in [3.8, 4) is 11.5 Å². The standard InChI is InChI=1S/C20H28N4O3/c25-20(19-15-4-1-5-16(15)22-23-19)24-8-2-3-14(12-24)21-13-6-7-17-18(11-13)27-10-9-26-17/h6-7,11,14-16,19,21-23H,1-5,8-10,12H2. The molecule has 4 aliphatic rings. The molecule has 27 heavy (non-hydrogen) atoms. The fourth-order valence-corrected chi connectivity index (χ4v) is 4.98. The van der Waals surface area contributed by atoms with Gasteiger partial charge in [0.05, 0.1) is 0 Å². The van der Waals surface area contributed by atoms with Crippen molar-refractivity contribution in [1.82, 2.24) is 15.8 Å². The lowest BCUT2D eigenvalue weighted by Crippen LogP contribution is -2.53. The molecular formula is C20H28N4O3. The average Bonchev–Trinajstić information content (AvgIpc) is 3.31. The van der Waals surface area contributed by atoms with Gasteiger partial charge in [-0.2, -0.15) is 0 Å². The molecular weight excluding hydrogens is 344 g/mol. The molecule has 4 atom stereocenters. The van der Waals surface area contributed by atoms with E-state index in [4.69, 9.17) is 9.47 Å². The maximum absolute atomic E-state index is 13.1. The molecule has 7 heteroatoms. The van der Waals surface area contributed by atoms with Crippen molar-refractivity contribution in [2.45, 2.75) is 50.2 Å². The highest BCUT2D eigenvalue weighted by atomic mass is 16.6. The number of benzene rings is 1. The third-order valence-electron chi connectivity index (χ3n) is 6.33. The van der Waals surface area contributed by atoms with Gasteiger partial charge in [0.25, 0.3) is 0 Å². The maximum atomic E-state index is 13.1. The van der Waals surface area contributed by atoms with Gasteiger partial charge in [-0.05, 0) is 37.8 Å². The van der Waals surface area contributed by atoms with Crippen molar-refractivity contribution < 1.29 is 14.3 Å². The quantitative estimate of drug-likeness (QED) is 0.747. The van der Waals surface area contributed by atoms with Crippen molar-refractivity contribution in [2.75, 3.05) is 31.6 Å². The molecule has 3 heterocycles. The van der Waals surface area contributed by atoms with Crippen LogP contribution in [0.15, 0.2) is 18.2 Å². The Hall–Kier alpha value is -1.99. The number of hydrogen-bond acceptors (Lipinski definition) is 6. The number of fused-ring (bicyclic) bond motifs is 2. The number of carbonyl (C=O) groups is 1. The molecule has 1 aromatic carbocycles. The molecule has 1 aromatic rings. The topological polar surface area (TPSA) is 74.9 Å². The van der Waals surface area contributed by atoms with E-state index in [-0.39, 0.29) is 18.0 Å². The lowest BCUT2D eigenvalue weighted by atomic mass is 9.95. The van der Waals surface area contributed by atoms with E-state index in [0.717, 1.165) is 49.5 Å². The molecule has 1 aliphatic carbocycles. The number of ether oxygens (including phenoxy) is 2. The van der Waals surface area contributed by atoms with Gasteiger partial charge in [-0.15, -0.1) is 0 Å². The Bertz CT molecular complexity index is 712. The van der Waals surface area contributed by atoms with E-state index in [2.05, 4.69) is 16.2 Å². The first-order valence-electron chi connectivity index (χ1n) is 10.2. The van der Waals surface area contributed by atoms with Crippen LogP contribution < -0.4 is 25.6 Å². The molecule has 0 spiro atoms.